The van der Waals surface area contributed by atoms with E-state index < -0.39 is 0 Å². The lowest BCUT2D eigenvalue weighted by atomic mass is 10.1. The molecule has 0 saturated carbocycles. The van der Waals surface area contributed by atoms with Crippen LogP contribution < -0.4 is 27.9 Å². The molecule has 0 radical (unpaired) electrons. The van der Waals surface area contributed by atoms with E-state index in [0.717, 1.165) is 34.9 Å². The number of carbonyl (C=O) groups excluding carboxylic acids is 1. The van der Waals surface area contributed by atoms with Crippen LogP contribution in [0, 0.1) is 0 Å². The Labute approximate surface area is 131 Å². The second kappa shape index (κ2) is 7.29. The summed E-state index contributed by atoms with van der Waals surface area (Å²) in [6.45, 7) is 1.66. The number of nitrogens with zero attached hydrogens (tertiary/aromatic N) is 1. The monoisotopic (exact) mass is 307 g/mol. The minimum Gasteiger partial charge on any atom is -1.00 e. The molecule has 0 unspecified atom stereocenters. The van der Waals surface area contributed by atoms with Gasteiger partial charge in [0.1, 0.15) is 5.69 Å². The van der Waals surface area contributed by atoms with Crippen LogP contribution in [0.2, 0.25) is 0 Å². The molecule has 0 heterocycles. The number of hydrogen-bond donors (Lipinski definition) is 2. The van der Waals surface area contributed by atoms with Gasteiger partial charge in [0, 0.05) is 29.4 Å². The maximum Gasteiger partial charge on any atom is 0.207 e. The van der Waals surface area contributed by atoms with Gasteiger partial charge in [0.05, 0.1) is 20.6 Å². The molecule has 2 rings (SSSR count). The Balaban J connectivity index is 0.00000220. The van der Waals surface area contributed by atoms with E-state index in [2.05, 4.69) is 43.7 Å². The predicted octanol–water partition coefficient (Wildman–Crippen LogP) is -0.871. The van der Waals surface area contributed by atoms with Crippen molar-refractivity contribution in [3.63, 3.8) is 0 Å². The molecule has 0 saturated heterocycles. The smallest absolute Gasteiger partial charge is 0.207 e. The zero-order valence-electron chi connectivity index (χ0n) is 12.5. The molecule has 0 bridgehead atoms. The van der Waals surface area contributed by atoms with E-state index in [4.69, 9.17) is 5.73 Å². The highest BCUT2D eigenvalue weighted by molar-refractivity contribution is 6.00. The normalized spacial score (nSPS) is 11.0. The SMILES string of the molecule is C[N+](C)(CCCNC=O)c1cccc2c(N)cccc12.[Cl-]. The second-order valence-electron chi connectivity index (χ2n) is 5.55. The molecule has 2 aromatic carbocycles. The van der Waals surface area contributed by atoms with Gasteiger partial charge in [-0.2, -0.15) is 0 Å². The molecular formula is C16H22ClN3O. The fourth-order valence-corrected chi connectivity index (χ4v) is 2.60. The number of halogens is 1. The molecular weight excluding hydrogens is 286 g/mol. The van der Waals surface area contributed by atoms with Crippen LogP contribution in [0.25, 0.3) is 10.8 Å². The standard InChI is InChI=1S/C16H21N3O.ClH/c1-19(2,11-5-10-18-12-20)16-9-4-6-13-14(16)7-3-8-15(13)17;/h3-4,6-9,12H,5,10-11,17H2,1-2H3;1H. The van der Waals surface area contributed by atoms with Crippen LogP contribution in [0.4, 0.5) is 11.4 Å². The van der Waals surface area contributed by atoms with Crippen molar-refractivity contribution in [3.05, 3.63) is 36.4 Å². The Hall–Kier alpha value is -1.78. The van der Waals surface area contributed by atoms with Crippen molar-refractivity contribution >= 4 is 28.6 Å². The maximum absolute atomic E-state index is 10.3. The van der Waals surface area contributed by atoms with Crippen molar-refractivity contribution in [2.75, 3.05) is 32.9 Å². The van der Waals surface area contributed by atoms with Crippen molar-refractivity contribution in [1.29, 1.82) is 0 Å². The molecule has 21 heavy (non-hydrogen) atoms. The van der Waals surface area contributed by atoms with Crippen LogP contribution in [0.1, 0.15) is 6.42 Å². The Morgan fingerprint density at radius 3 is 2.52 bits per heavy atom. The number of anilines is 1. The van der Waals surface area contributed by atoms with Crippen LogP contribution in [-0.2, 0) is 4.79 Å². The Kier molecular flexibility index (Phi) is 6.00. The lowest BCUT2D eigenvalue weighted by molar-refractivity contribution is -0.109. The highest BCUT2D eigenvalue weighted by Crippen LogP contribution is 2.32. The minimum absolute atomic E-state index is 0. The van der Waals surface area contributed by atoms with Gasteiger partial charge in [0.25, 0.3) is 0 Å². The second-order valence-corrected chi connectivity index (χ2v) is 5.55. The van der Waals surface area contributed by atoms with Crippen molar-refractivity contribution in [2.24, 2.45) is 0 Å². The fourth-order valence-electron chi connectivity index (χ4n) is 2.60. The number of nitrogens with one attached hydrogen (secondary N) is 1. The summed E-state index contributed by atoms with van der Waals surface area (Å²) < 4.78 is 0.765. The largest absolute Gasteiger partial charge is 1.00 e. The third-order valence-electron chi connectivity index (χ3n) is 3.71. The van der Waals surface area contributed by atoms with Crippen LogP contribution in [-0.4, -0.2) is 33.6 Å². The molecule has 5 heteroatoms. The van der Waals surface area contributed by atoms with E-state index in [1.54, 1.807) is 0 Å². The van der Waals surface area contributed by atoms with E-state index in [9.17, 15) is 4.79 Å². The summed E-state index contributed by atoms with van der Waals surface area (Å²) in [4.78, 5) is 10.3. The number of carbonyl (C=O) groups is 1. The Morgan fingerprint density at radius 1 is 1.14 bits per heavy atom. The molecule has 0 spiro atoms. The topological polar surface area (TPSA) is 55.1 Å². The predicted molar refractivity (Wildman–Crippen MR) is 85.6 cm³/mol. The number of benzene rings is 2. The first kappa shape index (κ1) is 17.3. The molecule has 4 nitrogen and oxygen atoms in total. The lowest BCUT2D eigenvalue weighted by Gasteiger charge is -2.30. The quantitative estimate of drug-likeness (QED) is 0.315. The summed E-state index contributed by atoms with van der Waals surface area (Å²) in [6.07, 6.45) is 1.68. The van der Waals surface area contributed by atoms with E-state index in [-0.39, 0.29) is 12.4 Å². The average molecular weight is 308 g/mol. The van der Waals surface area contributed by atoms with Crippen molar-refractivity contribution < 1.29 is 17.2 Å². The van der Waals surface area contributed by atoms with Gasteiger partial charge in [-0.3, -0.25) is 9.28 Å². The molecule has 0 atom stereocenters. The summed E-state index contributed by atoms with van der Waals surface area (Å²) in [7, 11) is 4.36. The maximum atomic E-state index is 10.3. The van der Waals surface area contributed by atoms with Crippen molar-refractivity contribution in [3.8, 4) is 0 Å². The van der Waals surface area contributed by atoms with E-state index in [1.165, 1.54) is 11.1 Å². The Bertz CT molecular complexity index is 613. The first-order valence-electron chi connectivity index (χ1n) is 6.84. The number of nitrogens with two attached hydrogens (primary N) is 1. The van der Waals surface area contributed by atoms with Gasteiger partial charge in [-0.1, -0.05) is 18.2 Å². The molecule has 0 aliphatic carbocycles. The first-order chi connectivity index (χ1) is 9.56. The molecule has 114 valence electrons. The van der Waals surface area contributed by atoms with Crippen LogP contribution in [0.3, 0.4) is 0 Å². The third kappa shape index (κ3) is 3.86. The highest BCUT2D eigenvalue weighted by atomic mass is 35.5. The van der Waals surface area contributed by atoms with Gasteiger partial charge >= 0.3 is 0 Å². The molecule has 0 fully saturated rings. The van der Waals surface area contributed by atoms with Gasteiger partial charge in [-0.05, 0) is 18.2 Å². The Morgan fingerprint density at radius 2 is 1.81 bits per heavy atom. The van der Waals surface area contributed by atoms with Gasteiger partial charge in [-0.25, -0.2) is 0 Å². The molecule has 0 aliphatic rings. The number of hydrogen-bond acceptors (Lipinski definition) is 2. The zero-order chi connectivity index (χ0) is 14.6. The summed E-state index contributed by atoms with van der Waals surface area (Å²) >= 11 is 0. The van der Waals surface area contributed by atoms with Gasteiger partial charge in [0.2, 0.25) is 6.41 Å². The van der Waals surface area contributed by atoms with Crippen molar-refractivity contribution in [2.45, 2.75) is 6.42 Å². The van der Waals surface area contributed by atoms with Gasteiger partial charge in [-0.15, -0.1) is 0 Å². The molecule has 1 amide bonds. The van der Waals surface area contributed by atoms with Gasteiger partial charge < -0.3 is 23.5 Å². The van der Waals surface area contributed by atoms with E-state index in [1.807, 2.05) is 12.1 Å². The summed E-state index contributed by atoms with van der Waals surface area (Å²) in [5, 5.41) is 5.00. The van der Waals surface area contributed by atoms with E-state index in [0.29, 0.717) is 6.54 Å². The highest BCUT2D eigenvalue weighted by Gasteiger charge is 2.21. The fraction of sp³-hybridized carbons (Fsp3) is 0.312. The molecule has 0 aromatic heterocycles. The van der Waals surface area contributed by atoms with E-state index >= 15 is 0 Å². The number of fused-ring (bicyclic) bond motifs is 1. The summed E-state index contributed by atoms with van der Waals surface area (Å²) in [6, 6.07) is 12.3. The van der Waals surface area contributed by atoms with Gasteiger partial charge in [0.15, 0.2) is 0 Å². The molecule has 3 N–H and O–H groups in total. The molecule has 2 aromatic rings. The minimum atomic E-state index is 0. The number of quaternary nitrogens is 1. The van der Waals surface area contributed by atoms with Crippen LogP contribution in [0.5, 0.6) is 0 Å². The lowest BCUT2D eigenvalue weighted by Crippen LogP contribution is -3.00. The third-order valence-corrected chi connectivity index (χ3v) is 3.71. The average Bonchev–Trinajstić information content (AvgIpc) is 2.43. The number of rotatable bonds is 6. The van der Waals surface area contributed by atoms with Crippen LogP contribution in [0.15, 0.2) is 36.4 Å². The van der Waals surface area contributed by atoms with Crippen LogP contribution >= 0.6 is 0 Å². The first-order valence-corrected chi connectivity index (χ1v) is 6.84. The molecule has 0 aliphatic heterocycles. The zero-order valence-corrected chi connectivity index (χ0v) is 13.2. The van der Waals surface area contributed by atoms with Crippen molar-refractivity contribution in [1.82, 2.24) is 9.80 Å². The summed E-state index contributed by atoms with van der Waals surface area (Å²) in [5.41, 5.74) is 8.12. The summed E-state index contributed by atoms with van der Waals surface area (Å²) in [5.74, 6) is 0. The number of amides is 1. The number of nitrogen functional groups attached to an aromatic ring is 1.